The van der Waals surface area contributed by atoms with Crippen molar-refractivity contribution in [2.24, 2.45) is 5.92 Å². The number of hydrogen-bond acceptors (Lipinski definition) is 7. The number of aryl methyl sites for hydroxylation is 1. The predicted octanol–water partition coefficient (Wildman–Crippen LogP) is 4.74. The van der Waals surface area contributed by atoms with Crippen LogP contribution in [-0.2, 0) is 9.59 Å². The topological polar surface area (TPSA) is 98.7 Å². The molecule has 1 fully saturated rings. The van der Waals surface area contributed by atoms with Crippen molar-refractivity contribution in [3.63, 3.8) is 0 Å². The molecular formula is C24H15F6N3O5. The molecule has 0 radical (unpaired) electrons. The molecule has 0 bridgehead atoms. The number of aromatic nitrogens is 2. The minimum absolute atomic E-state index is 0.0940. The number of ether oxygens (including phenoxy) is 2. The molecule has 2 aromatic carbocycles. The summed E-state index contributed by atoms with van der Waals surface area (Å²) < 4.78 is 82.8. The molecule has 2 heterocycles. The van der Waals surface area contributed by atoms with Gasteiger partial charge in [-0.1, -0.05) is 12.1 Å². The van der Waals surface area contributed by atoms with Gasteiger partial charge >= 0.3 is 12.7 Å². The Morgan fingerprint density at radius 2 is 1.32 bits per heavy atom. The molecule has 4 rings (SSSR count). The molecule has 0 aliphatic carbocycles. The van der Waals surface area contributed by atoms with E-state index in [4.69, 9.17) is 0 Å². The molecule has 1 aliphatic rings. The van der Waals surface area contributed by atoms with Crippen LogP contribution in [0.25, 0.3) is 0 Å². The Hall–Kier alpha value is -4.49. The summed E-state index contributed by atoms with van der Waals surface area (Å²) in [7, 11) is 0. The standard InChI is InChI=1S/C24H15F6N3O5/c1-12-2-11-17(32-31-12)33-19(13-3-7-15(8-4-13)37-23(25,26)27)18(21(35)22(33)36)20(34)14-5-9-16(10-6-14)38-24(28,29)30/h2-11,18-19H,1H3. The summed E-state index contributed by atoms with van der Waals surface area (Å²) in [4.78, 5) is 40.4. The summed E-state index contributed by atoms with van der Waals surface area (Å²) in [6.45, 7) is 1.61. The van der Waals surface area contributed by atoms with Crippen LogP contribution in [-0.4, -0.2) is 40.4 Å². The molecule has 2 atom stereocenters. The zero-order valence-electron chi connectivity index (χ0n) is 19.1. The van der Waals surface area contributed by atoms with E-state index < -0.39 is 53.7 Å². The Bertz CT molecular complexity index is 1360. The number of halogens is 6. The summed E-state index contributed by atoms with van der Waals surface area (Å²) in [5, 5.41) is 7.74. The van der Waals surface area contributed by atoms with Gasteiger partial charge in [0.1, 0.15) is 17.4 Å². The minimum atomic E-state index is -4.97. The Balaban J connectivity index is 1.74. The number of Topliss-reactive ketones (excluding diaryl/α,β-unsaturated/α-hetero) is 2. The first-order valence-corrected chi connectivity index (χ1v) is 10.7. The molecular weight excluding hydrogens is 524 g/mol. The van der Waals surface area contributed by atoms with Crippen LogP contribution in [0.3, 0.4) is 0 Å². The van der Waals surface area contributed by atoms with Crippen molar-refractivity contribution < 1.29 is 50.2 Å². The van der Waals surface area contributed by atoms with E-state index in [0.29, 0.717) is 5.69 Å². The van der Waals surface area contributed by atoms with E-state index in [1.54, 1.807) is 6.92 Å². The molecule has 3 aromatic rings. The third kappa shape index (κ3) is 5.74. The average molecular weight is 539 g/mol. The van der Waals surface area contributed by atoms with E-state index in [-0.39, 0.29) is 16.9 Å². The molecule has 198 valence electrons. The maximum absolute atomic E-state index is 13.4. The molecule has 1 saturated heterocycles. The molecule has 14 heteroatoms. The zero-order chi connectivity index (χ0) is 27.8. The smallest absolute Gasteiger partial charge is 0.406 e. The van der Waals surface area contributed by atoms with Crippen LogP contribution in [0.4, 0.5) is 32.2 Å². The van der Waals surface area contributed by atoms with E-state index in [9.17, 15) is 40.7 Å². The van der Waals surface area contributed by atoms with Gasteiger partial charge in [-0.2, -0.15) is 5.10 Å². The van der Waals surface area contributed by atoms with Gasteiger partial charge in [-0.3, -0.25) is 19.3 Å². The van der Waals surface area contributed by atoms with Gasteiger partial charge in [0.2, 0.25) is 5.78 Å². The molecule has 1 amide bonds. The van der Waals surface area contributed by atoms with Crippen molar-refractivity contribution in [1.29, 1.82) is 0 Å². The largest absolute Gasteiger partial charge is 0.573 e. The molecule has 1 aromatic heterocycles. The Kier molecular flexibility index (Phi) is 6.82. The maximum Gasteiger partial charge on any atom is 0.573 e. The van der Waals surface area contributed by atoms with E-state index in [1.807, 2.05) is 0 Å². The second-order valence-electron chi connectivity index (χ2n) is 8.05. The molecule has 1 aliphatic heterocycles. The van der Waals surface area contributed by atoms with Crippen molar-refractivity contribution in [3.8, 4) is 11.5 Å². The summed E-state index contributed by atoms with van der Waals surface area (Å²) in [6.07, 6.45) is -9.94. The van der Waals surface area contributed by atoms with Gasteiger partial charge in [-0.25, -0.2) is 0 Å². The van der Waals surface area contributed by atoms with Crippen molar-refractivity contribution in [2.45, 2.75) is 25.7 Å². The highest BCUT2D eigenvalue weighted by atomic mass is 19.4. The van der Waals surface area contributed by atoms with Crippen LogP contribution in [0.2, 0.25) is 0 Å². The minimum Gasteiger partial charge on any atom is -0.406 e. The number of rotatable bonds is 6. The second kappa shape index (κ2) is 9.76. The highest BCUT2D eigenvalue weighted by Crippen LogP contribution is 2.41. The predicted molar refractivity (Wildman–Crippen MR) is 116 cm³/mol. The lowest BCUT2D eigenvalue weighted by molar-refractivity contribution is -0.275. The van der Waals surface area contributed by atoms with Gasteiger partial charge in [-0.15, -0.1) is 31.4 Å². The van der Waals surface area contributed by atoms with Gasteiger partial charge < -0.3 is 9.47 Å². The fourth-order valence-corrected chi connectivity index (χ4v) is 3.91. The van der Waals surface area contributed by atoms with Gasteiger partial charge in [0.15, 0.2) is 11.6 Å². The molecule has 2 unspecified atom stereocenters. The first-order chi connectivity index (χ1) is 17.7. The highest BCUT2D eigenvalue weighted by molar-refractivity contribution is 6.48. The van der Waals surface area contributed by atoms with Crippen LogP contribution < -0.4 is 14.4 Å². The SMILES string of the molecule is Cc1ccc(N2C(=O)C(=O)C(C(=O)c3ccc(OC(F)(F)F)cc3)C2c2ccc(OC(F)(F)F)cc2)nn1. The fraction of sp³-hybridized carbons (Fsp3) is 0.208. The van der Waals surface area contributed by atoms with Crippen LogP contribution in [0, 0.1) is 12.8 Å². The molecule has 0 N–H and O–H groups in total. The summed E-state index contributed by atoms with van der Waals surface area (Å²) in [6, 6.07) is 9.40. The number of carbonyl (C=O) groups excluding carboxylic acids is 3. The average Bonchev–Trinajstić information content (AvgIpc) is 3.08. The first-order valence-electron chi connectivity index (χ1n) is 10.7. The van der Waals surface area contributed by atoms with Gasteiger partial charge in [0, 0.05) is 5.56 Å². The van der Waals surface area contributed by atoms with Crippen molar-refractivity contribution >= 4 is 23.3 Å². The van der Waals surface area contributed by atoms with E-state index in [1.165, 1.54) is 12.1 Å². The molecule has 8 nitrogen and oxygen atoms in total. The first kappa shape index (κ1) is 26.6. The number of ketones is 2. The summed E-state index contributed by atoms with van der Waals surface area (Å²) in [5.41, 5.74) is 0.367. The lowest BCUT2D eigenvalue weighted by Gasteiger charge is -2.26. The van der Waals surface area contributed by atoms with Gasteiger partial charge in [-0.05, 0) is 61.0 Å². The maximum atomic E-state index is 13.4. The van der Waals surface area contributed by atoms with Crippen molar-refractivity contribution in [2.75, 3.05) is 4.90 Å². The lowest BCUT2D eigenvalue weighted by Crippen LogP contribution is -2.31. The summed E-state index contributed by atoms with van der Waals surface area (Å²) in [5.74, 6) is -6.18. The number of benzene rings is 2. The molecule has 0 saturated carbocycles. The molecule has 0 spiro atoms. The van der Waals surface area contributed by atoms with Crippen molar-refractivity contribution in [3.05, 3.63) is 77.5 Å². The van der Waals surface area contributed by atoms with E-state index >= 15 is 0 Å². The van der Waals surface area contributed by atoms with Crippen LogP contribution in [0.1, 0.15) is 27.7 Å². The number of amides is 1. The zero-order valence-corrected chi connectivity index (χ0v) is 19.1. The quantitative estimate of drug-likeness (QED) is 0.193. The highest BCUT2D eigenvalue weighted by Gasteiger charge is 2.53. The number of alkyl halides is 6. The number of carbonyl (C=O) groups is 3. The number of anilines is 1. The van der Waals surface area contributed by atoms with Crippen molar-refractivity contribution in [1.82, 2.24) is 10.2 Å². The third-order valence-corrected chi connectivity index (χ3v) is 5.45. The monoisotopic (exact) mass is 539 g/mol. The molecule has 38 heavy (non-hydrogen) atoms. The van der Waals surface area contributed by atoms with E-state index in [0.717, 1.165) is 53.4 Å². The van der Waals surface area contributed by atoms with Crippen LogP contribution in [0.15, 0.2) is 60.7 Å². The van der Waals surface area contributed by atoms with Crippen LogP contribution in [0.5, 0.6) is 11.5 Å². The number of nitrogens with zero attached hydrogens (tertiary/aromatic N) is 3. The van der Waals surface area contributed by atoms with Crippen LogP contribution >= 0.6 is 0 Å². The van der Waals surface area contributed by atoms with Gasteiger partial charge in [0.25, 0.3) is 5.91 Å². The van der Waals surface area contributed by atoms with E-state index in [2.05, 4.69) is 19.7 Å². The second-order valence-corrected chi connectivity index (χ2v) is 8.05. The normalized spacial score (nSPS) is 18.0. The lowest BCUT2D eigenvalue weighted by atomic mass is 9.86. The Morgan fingerprint density at radius 1 is 0.789 bits per heavy atom. The Labute approximate surface area is 209 Å². The third-order valence-electron chi connectivity index (χ3n) is 5.45. The number of hydrogen-bond donors (Lipinski definition) is 0. The fourth-order valence-electron chi connectivity index (χ4n) is 3.91. The van der Waals surface area contributed by atoms with Gasteiger partial charge in [0.05, 0.1) is 11.7 Å². The summed E-state index contributed by atoms with van der Waals surface area (Å²) >= 11 is 0. The Morgan fingerprint density at radius 3 is 1.79 bits per heavy atom.